The molecule has 0 spiro atoms. The Morgan fingerprint density at radius 1 is 0.650 bits per heavy atom. The molecule has 8 aromatic rings. The molecule has 0 saturated heterocycles. The number of aromatic nitrogens is 2. The Hall–Kier alpha value is -5.09. The summed E-state index contributed by atoms with van der Waals surface area (Å²) in [6.07, 6.45) is 0. The Morgan fingerprint density at radius 2 is 1.48 bits per heavy atom. The molecule has 6 aromatic carbocycles. The van der Waals surface area contributed by atoms with E-state index in [1.165, 1.54) is 66.0 Å². The minimum absolute atomic E-state index is 0.0946. The summed E-state index contributed by atoms with van der Waals surface area (Å²) in [6.45, 7) is 2.23. The van der Waals surface area contributed by atoms with Gasteiger partial charge in [0.05, 0.1) is 16.9 Å². The molecule has 0 aliphatic carbocycles. The van der Waals surface area contributed by atoms with Gasteiger partial charge in [0.15, 0.2) is 0 Å². The first-order valence-corrected chi connectivity index (χ1v) is 13.9. The summed E-state index contributed by atoms with van der Waals surface area (Å²) in [5, 5.41) is 11.4. The number of furan rings is 1. The van der Waals surface area contributed by atoms with Crippen molar-refractivity contribution in [1.29, 1.82) is 0 Å². The fraction of sp³-hybridized carbons (Fsp3) is 0.0278. The first-order chi connectivity index (χ1) is 19.8. The van der Waals surface area contributed by atoms with E-state index in [4.69, 9.17) is 9.52 Å². The van der Waals surface area contributed by atoms with Gasteiger partial charge in [-0.2, -0.15) is 5.10 Å². The molecule has 2 aliphatic rings. The number of fused-ring (bicyclic) bond motifs is 8. The van der Waals surface area contributed by atoms with Gasteiger partial charge in [-0.15, -0.1) is 0 Å². The zero-order valence-corrected chi connectivity index (χ0v) is 21.8. The quantitative estimate of drug-likeness (QED) is 0.227. The Kier molecular flexibility index (Phi) is 3.70. The van der Waals surface area contributed by atoms with Crippen LogP contribution in [0.1, 0.15) is 5.69 Å². The third-order valence-electron chi connectivity index (χ3n) is 9.12. The normalized spacial score (nSPS) is 13.1. The van der Waals surface area contributed by atoms with Crippen LogP contribution in [0.3, 0.4) is 0 Å². The summed E-state index contributed by atoms with van der Waals surface area (Å²) in [5.41, 5.74) is 14.2. The van der Waals surface area contributed by atoms with E-state index in [0.29, 0.717) is 0 Å². The lowest BCUT2D eigenvalue weighted by molar-refractivity contribution is 0.669. The molecule has 0 bridgehead atoms. The van der Waals surface area contributed by atoms with E-state index in [1.807, 2.05) is 6.07 Å². The number of rotatable bonds is 1. The van der Waals surface area contributed by atoms with Crippen LogP contribution in [0.4, 0.5) is 0 Å². The fourth-order valence-corrected chi connectivity index (χ4v) is 7.57. The van der Waals surface area contributed by atoms with E-state index in [1.54, 1.807) is 0 Å². The monoisotopic (exact) mass is 508 g/mol. The lowest BCUT2D eigenvalue weighted by Gasteiger charge is -2.33. The van der Waals surface area contributed by atoms with Crippen molar-refractivity contribution in [1.82, 2.24) is 9.78 Å². The minimum atomic E-state index is 0.0946. The number of hydrogen-bond donors (Lipinski definition) is 0. The molecule has 0 fully saturated rings. The molecule has 0 unspecified atom stereocenters. The second kappa shape index (κ2) is 7.10. The molecule has 40 heavy (non-hydrogen) atoms. The van der Waals surface area contributed by atoms with Crippen molar-refractivity contribution < 1.29 is 4.42 Å². The van der Waals surface area contributed by atoms with Crippen LogP contribution in [0, 0.1) is 6.92 Å². The zero-order chi connectivity index (χ0) is 26.1. The number of hydrogen-bond acceptors (Lipinski definition) is 2. The summed E-state index contributed by atoms with van der Waals surface area (Å²) in [5.74, 6) is 0. The largest absolute Gasteiger partial charge is 0.456 e. The highest BCUT2D eigenvalue weighted by molar-refractivity contribution is 7.01. The van der Waals surface area contributed by atoms with Gasteiger partial charge in [-0.3, -0.25) is 0 Å². The first kappa shape index (κ1) is 20.8. The molecule has 3 nitrogen and oxygen atoms in total. The summed E-state index contributed by atoms with van der Waals surface area (Å²) in [7, 11) is 0. The maximum atomic E-state index is 6.50. The summed E-state index contributed by atoms with van der Waals surface area (Å²) in [4.78, 5) is 0. The van der Waals surface area contributed by atoms with Gasteiger partial charge in [0.2, 0.25) is 6.71 Å². The van der Waals surface area contributed by atoms with Crippen molar-refractivity contribution in [3.05, 3.63) is 115 Å². The molecule has 4 heteroatoms. The van der Waals surface area contributed by atoms with Gasteiger partial charge in [0.25, 0.3) is 0 Å². The zero-order valence-electron chi connectivity index (χ0n) is 21.8. The topological polar surface area (TPSA) is 31.0 Å². The van der Waals surface area contributed by atoms with Crippen LogP contribution in [0.5, 0.6) is 0 Å². The molecule has 10 rings (SSSR count). The highest BCUT2D eigenvalue weighted by Gasteiger charge is 2.40. The SMILES string of the molecule is Cc1nn2c3c(cc4oc5ccccc5c4c13)B1c3c(cc(-c4ccccc4)cc3-2)-c2cccc3cccc1c23. The third-order valence-corrected chi connectivity index (χ3v) is 9.12. The molecule has 0 radical (unpaired) electrons. The van der Waals surface area contributed by atoms with E-state index in [0.717, 1.165) is 27.6 Å². The van der Waals surface area contributed by atoms with Gasteiger partial charge in [-0.05, 0) is 75.1 Å². The molecular formula is C36H21BN2O. The smallest absolute Gasteiger partial charge is 0.248 e. The highest BCUT2D eigenvalue weighted by atomic mass is 16.3. The number of benzene rings is 6. The second-order valence-corrected chi connectivity index (χ2v) is 11.2. The highest BCUT2D eigenvalue weighted by Crippen LogP contribution is 2.41. The van der Waals surface area contributed by atoms with Gasteiger partial charge >= 0.3 is 0 Å². The molecule has 184 valence electrons. The Labute approximate surface area is 230 Å². The molecule has 2 aliphatic heterocycles. The minimum Gasteiger partial charge on any atom is -0.456 e. The number of nitrogens with zero attached hydrogens (tertiary/aromatic N) is 2. The van der Waals surface area contributed by atoms with E-state index in [9.17, 15) is 0 Å². The second-order valence-electron chi connectivity index (χ2n) is 11.2. The average molecular weight is 508 g/mol. The van der Waals surface area contributed by atoms with Crippen LogP contribution < -0.4 is 16.4 Å². The number of aryl methyl sites for hydroxylation is 1. The molecule has 4 heterocycles. The van der Waals surface area contributed by atoms with E-state index in [2.05, 4.69) is 115 Å². The lowest BCUT2D eigenvalue weighted by atomic mass is 9.32. The van der Waals surface area contributed by atoms with Crippen molar-refractivity contribution in [2.45, 2.75) is 6.92 Å². The van der Waals surface area contributed by atoms with Crippen LogP contribution in [-0.4, -0.2) is 16.5 Å². The predicted molar refractivity (Wildman–Crippen MR) is 166 cm³/mol. The van der Waals surface area contributed by atoms with E-state index >= 15 is 0 Å². The van der Waals surface area contributed by atoms with Crippen molar-refractivity contribution in [3.63, 3.8) is 0 Å². The lowest BCUT2D eigenvalue weighted by Crippen LogP contribution is -2.58. The summed E-state index contributed by atoms with van der Waals surface area (Å²) in [6, 6.07) is 39.6. The van der Waals surface area contributed by atoms with Gasteiger partial charge in [0, 0.05) is 16.2 Å². The number of para-hydroxylation sites is 1. The van der Waals surface area contributed by atoms with Crippen LogP contribution in [0.15, 0.2) is 114 Å². The molecule has 0 amide bonds. The Bertz CT molecular complexity index is 2390. The van der Waals surface area contributed by atoms with Gasteiger partial charge < -0.3 is 4.42 Å². The first-order valence-electron chi connectivity index (χ1n) is 13.9. The molecule has 0 N–H and O–H groups in total. The standard InChI is InChI=1S/C36H21BN2O/c1-20-32-34-25-13-5-6-16-30(25)40-31(34)19-28-36(32)39(38-20)29-18-23(21-9-3-2-4-10-21)17-26-24-14-7-11-22-12-8-15-27(33(22)24)37(28)35(26)29/h2-19H,1H3. The summed E-state index contributed by atoms with van der Waals surface area (Å²) >= 11 is 0. The van der Waals surface area contributed by atoms with Crippen LogP contribution in [0.2, 0.25) is 0 Å². The Morgan fingerprint density at radius 3 is 2.38 bits per heavy atom. The van der Waals surface area contributed by atoms with E-state index in [-0.39, 0.29) is 6.71 Å². The van der Waals surface area contributed by atoms with E-state index < -0.39 is 0 Å². The summed E-state index contributed by atoms with van der Waals surface area (Å²) < 4.78 is 8.72. The maximum absolute atomic E-state index is 6.50. The van der Waals surface area contributed by atoms with Crippen molar-refractivity contribution in [3.8, 4) is 27.9 Å². The van der Waals surface area contributed by atoms with Gasteiger partial charge in [-0.25, -0.2) is 4.68 Å². The van der Waals surface area contributed by atoms with Gasteiger partial charge in [-0.1, -0.05) is 90.4 Å². The Balaban J connectivity index is 1.45. The molecule has 2 aromatic heterocycles. The maximum Gasteiger partial charge on any atom is 0.248 e. The van der Waals surface area contributed by atoms with Crippen molar-refractivity contribution in [2.24, 2.45) is 0 Å². The fourth-order valence-electron chi connectivity index (χ4n) is 7.57. The van der Waals surface area contributed by atoms with Crippen LogP contribution in [0.25, 0.3) is 71.6 Å². The van der Waals surface area contributed by atoms with Crippen molar-refractivity contribution >= 4 is 66.7 Å². The average Bonchev–Trinajstić information content (AvgIpc) is 3.54. The van der Waals surface area contributed by atoms with Crippen LogP contribution >= 0.6 is 0 Å². The molecule has 0 atom stereocenters. The third kappa shape index (κ3) is 2.41. The predicted octanol–water partition coefficient (Wildman–Crippen LogP) is 6.86. The van der Waals surface area contributed by atoms with Gasteiger partial charge in [0.1, 0.15) is 11.2 Å². The van der Waals surface area contributed by atoms with Crippen molar-refractivity contribution in [2.75, 3.05) is 0 Å². The molecule has 0 saturated carbocycles. The van der Waals surface area contributed by atoms with Crippen LogP contribution in [-0.2, 0) is 0 Å². The molecular weight excluding hydrogens is 487 g/mol.